The molecule has 100 valence electrons. The van der Waals surface area contributed by atoms with Crippen LogP contribution in [0.2, 0.25) is 0 Å². The molecule has 0 radical (unpaired) electrons. The summed E-state index contributed by atoms with van der Waals surface area (Å²) in [4.78, 5) is 4.09. The molecule has 0 saturated carbocycles. The molecule has 0 unspecified atom stereocenters. The number of guanidine groups is 1. The molecule has 0 aliphatic heterocycles. The quantitative estimate of drug-likeness (QED) is 0.647. The molecule has 1 aromatic carbocycles. The summed E-state index contributed by atoms with van der Waals surface area (Å²) in [6, 6.07) is 4.98. The van der Waals surface area contributed by atoms with Gasteiger partial charge in [-0.2, -0.15) is 0 Å². The standard InChI is InChI=1S/C13H19BrFN3/c1-3-7-17-13(16-2)18-8-6-10-9-11(14)4-5-12(10)15/h4-5,9H,3,6-8H2,1-2H3,(H2,16,17,18). The molecule has 1 aromatic rings. The highest BCUT2D eigenvalue weighted by Crippen LogP contribution is 2.15. The Bertz CT molecular complexity index is 407. The first-order chi connectivity index (χ1) is 8.67. The lowest BCUT2D eigenvalue weighted by molar-refractivity contribution is 0.606. The summed E-state index contributed by atoms with van der Waals surface area (Å²) in [7, 11) is 1.73. The van der Waals surface area contributed by atoms with Gasteiger partial charge in [0.05, 0.1) is 0 Å². The predicted octanol–water partition coefficient (Wildman–Crippen LogP) is 2.71. The smallest absolute Gasteiger partial charge is 0.190 e. The van der Waals surface area contributed by atoms with Gasteiger partial charge in [0.1, 0.15) is 5.82 Å². The molecule has 0 atom stereocenters. The van der Waals surface area contributed by atoms with E-state index < -0.39 is 0 Å². The summed E-state index contributed by atoms with van der Waals surface area (Å²) >= 11 is 3.34. The minimum absolute atomic E-state index is 0.170. The van der Waals surface area contributed by atoms with Gasteiger partial charge < -0.3 is 10.6 Å². The Morgan fingerprint density at radius 1 is 1.33 bits per heavy atom. The van der Waals surface area contributed by atoms with Gasteiger partial charge in [-0.3, -0.25) is 4.99 Å². The molecule has 0 bridgehead atoms. The highest BCUT2D eigenvalue weighted by atomic mass is 79.9. The van der Waals surface area contributed by atoms with Crippen molar-refractivity contribution in [3.05, 3.63) is 34.1 Å². The van der Waals surface area contributed by atoms with E-state index >= 15 is 0 Å². The van der Waals surface area contributed by atoms with Gasteiger partial charge in [-0.25, -0.2) is 4.39 Å². The lowest BCUT2D eigenvalue weighted by Gasteiger charge is -2.11. The van der Waals surface area contributed by atoms with Crippen molar-refractivity contribution in [3.63, 3.8) is 0 Å². The molecule has 0 aromatic heterocycles. The van der Waals surface area contributed by atoms with Crippen LogP contribution in [0.5, 0.6) is 0 Å². The molecule has 3 nitrogen and oxygen atoms in total. The summed E-state index contributed by atoms with van der Waals surface area (Å²) in [6.07, 6.45) is 1.67. The van der Waals surface area contributed by atoms with Crippen molar-refractivity contribution in [2.24, 2.45) is 4.99 Å². The first kappa shape index (κ1) is 15.0. The number of halogens is 2. The topological polar surface area (TPSA) is 36.4 Å². The van der Waals surface area contributed by atoms with Crippen molar-refractivity contribution in [2.45, 2.75) is 19.8 Å². The number of benzene rings is 1. The molecule has 0 fully saturated rings. The molecule has 0 aliphatic rings. The monoisotopic (exact) mass is 315 g/mol. The highest BCUT2D eigenvalue weighted by molar-refractivity contribution is 9.10. The van der Waals surface area contributed by atoms with Gasteiger partial charge in [0.15, 0.2) is 5.96 Å². The van der Waals surface area contributed by atoms with Crippen LogP contribution >= 0.6 is 15.9 Å². The third kappa shape index (κ3) is 5.04. The SMILES string of the molecule is CCCNC(=NC)NCCc1cc(Br)ccc1F. The predicted molar refractivity (Wildman–Crippen MR) is 77.5 cm³/mol. The number of hydrogen-bond donors (Lipinski definition) is 2. The van der Waals surface area contributed by atoms with Crippen LogP contribution in [-0.4, -0.2) is 26.1 Å². The van der Waals surface area contributed by atoms with E-state index in [1.54, 1.807) is 19.2 Å². The molecule has 2 N–H and O–H groups in total. The second-order valence-corrected chi connectivity index (χ2v) is 4.83. The zero-order valence-corrected chi connectivity index (χ0v) is 12.3. The summed E-state index contributed by atoms with van der Waals surface area (Å²) in [6.45, 7) is 3.62. The third-order valence-electron chi connectivity index (χ3n) is 2.46. The van der Waals surface area contributed by atoms with Gasteiger partial charge in [-0.15, -0.1) is 0 Å². The van der Waals surface area contributed by atoms with Crippen molar-refractivity contribution in [2.75, 3.05) is 20.1 Å². The van der Waals surface area contributed by atoms with E-state index in [1.165, 1.54) is 6.07 Å². The highest BCUT2D eigenvalue weighted by Gasteiger charge is 2.03. The van der Waals surface area contributed by atoms with E-state index in [-0.39, 0.29) is 5.82 Å². The zero-order chi connectivity index (χ0) is 13.4. The minimum atomic E-state index is -0.170. The summed E-state index contributed by atoms with van der Waals surface area (Å²) in [5.41, 5.74) is 0.697. The average molecular weight is 316 g/mol. The Morgan fingerprint density at radius 3 is 2.72 bits per heavy atom. The van der Waals surface area contributed by atoms with Crippen LogP contribution in [0.1, 0.15) is 18.9 Å². The van der Waals surface area contributed by atoms with Crippen molar-refractivity contribution in [3.8, 4) is 0 Å². The molecule has 0 amide bonds. The molecule has 0 aliphatic carbocycles. The fourth-order valence-electron chi connectivity index (χ4n) is 1.51. The lowest BCUT2D eigenvalue weighted by Crippen LogP contribution is -2.38. The fourth-order valence-corrected chi connectivity index (χ4v) is 1.92. The van der Waals surface area contributed by atoms with Crippen LogP contribution in [0.25, 0.3) is 0 Å². The second-order valence-electron chi connectivity index (χ2n) is 3.91. The Kier molecular flexibility index (Phi) is 6.72. The van der Waals surface area contributed by atoms with Crippen molar-refractivity contribution in [1.29, 1.82) is 0 Å². The summed E-state index contributed by atoms with van der Waals surface area (Å²) in [5, 5.41) is 6.32. The molecule has 0 spiro atoms. The Balaban J connectivity index is 2.43. The molecule has 18 heavy (non-hydrogen) atoms. The van der Waals surface area contributed by atoms with E-state index in [0.29, 0.717) is 18.5 Å². The van der Waals surface area contributed by atoms with E-state index in [4.69, 9.17) is 0 Å². The normalized spacial score (nSPS) is 11.4. The summed E-state index contributed by atoms with van der Waals surface area (Å²) < 4.78 is 14.4. The first-order valence-electron chi connectivity index (χ1n) is 6.05. The maximum Gasteiger partial charge on any atom is 0.190 e. The maximum absolute atomic E-state index is 13.5. The molecule has 5 heteroatoms. The van der Waals surface area contributed by atoms with Gasteiger partial charge in [-0.1, -0.05) is 22.9 Å². The first-order valence-corrected chi connectivity index (χ1v) is 6.85. The fraction of sp³-hybridized carbons (Fsp3) is 0.462. The van der Waals surface area contributed by atoms with Crippen LogP contribution < -0.4 is 10.6 Å². The Labute approximate surface area is 116 Å². The van der Waals surface area contributed by atoms with Gasteiger partial charge >= 0.3 is 0 Å². The largest absolute Gasteiger partial charge is 0.356 e. The molecule has 0 saturated heterocycles. The number of rotatable bonds is 5. The molecular weight excluding hydrogens is 297 g/mol. The minimum Gasteiger partial charge on any atom is -0.356 e. The Morgan fingerprint density at radius 2 is 2.06 bits per heavy atom. The number of nitrogens with zero attached hydrogens (tertiary/aromatic N) is 1. The van der Waals surface area contributed by atoms with E-state index in [1.807, 2.05) is 0 Å². The lowest BCUT2D eigenvalue weighted by atomic mass is 10.1. The van der Waals surface area contributed by atoms with Gasteiger partial charge in [-0.05, 0) is 36.6 Å². The van der Waals surface area contributed by atoms with Gasteiger partial charge in [0.25, 0.3) is 0 Å². The Hall–Kier alpha value is -1.10. The summed E-state index contributed by atoms with van der Waals surface area (Å²) in [5.74, 6) is 0.587. The average Bonchev–Trinajstić information content (AvgIpc) is 2.37. The maximum atomic E-state index is 13.5. The van der Waals surface area contributed by atoms with Crippen LogP contribution in [0.4, 0.5) is 4.39 Å². The number of aliphatic imine (C=N–C) groups is 1. The molecule has 0 heterocycles. The van der Waals surface area contributed by atoms with E-state index in [9.17, 15) is 4.39 Å². The van der Waals surface area contributed by atoms with Crippen molar-refractivity contribution < 1.29 is 4.39 Å². The number of hydrogen-bond acceptors (Lipinski definition) is 1. The van der Waals surface area contributed by atoms with Crippen molar-refractivity contribution >= 4 is 21.9 Å². The molecule has 1 rings (SSSR count). The van der Waals surface area contributed by atoms with Crippen LogP contribution in [0.15, 0.2) is 27.7 Å². The third-order valence-corrected chi connectivity index (χ3v) is 2.95. The van der Waals surface area contributed by atoms with Crippen LogP contribution in [0.3, 0.4) is 0 Å². The van der Waals surface area contributed by atoms with E-state index in [2.05, 4.69) is 38.5 Å². The number of nitrogens with one attached hydrogen (secondary N) is 2. The molecular formula is C13H19BrFN3. The zero-order valence-electron chi connectivity index (χ0n) is 10.8. The second kappa shape index (κ2) is 8.08. The van der Waals surface area contributed by atoms with Crippen LogP contribution in [-0.2, 0) is 6.42 Å². The van der Waals surface area contributed by atoms with E-state index in [0.717, 1.165) is 23.4 Å². The van der Waals surface area contributed by atoms with Crippen LogP contribution in [0, 0.1) is 5.82 Å². The van der Waals surface area contributed by atoms with Gasteiger partial charge in [0.2, 0.25) is 0 Å². The van der Waals surface area contributed by atoms with Gasteiger partial charge in [0, 0.05) is 24.6 Å². The van der Waals surface area contributed by atoms with Crippen molar-refractivity contribution in [1.82, 2.24) is 10.6 Å².